The minimum atomic E-state index is -1.73. The summed E-state index contributed by atoms with van der Waals surface area (Å²) in [4.78, 5) is 55.0. The second-order valence-corrected chi connectivity index (χ2v) is 16.0. The summed E-state index contributed by atoms with van der Waals surface area (Å²) in [7, 11) is 5.02. The van der Waals surface area contributed by atoms with Gasteiger partial charge in [0.25, 0.3) is 5.56 Å². The van der Waals surface area contributed by atoms with Crippen molar-refractivity contribution in [3.8, 4) is 5.75 Å². The standard InChI is InChI=1S/C34H42N2O7S2/c1-8-21-22-14-20(37)10-11-26(22)35(7)30-23(21)17-36-27(30)15-25-24(31(36)40)18-42-32(41)34(25,9-2)43-29(39)12-13-44-45-33(5,6)16-28(38)19(3)4/h10-11,14-15,19,30,37H,8-9,12-13,16-18H2,1-7H3/t30?,34-/m0/s1. The molecule has 4 heterocycles. The number of benzene rings is 1. The Bertz CT molecular complexity index is 1640. The topological polar surface area (TPSA) is 115 Å². The molecule has 1 N–H and O–H groups in total. The fraction of sp³-hybridized carbons (Fsp3) is 0.529. The zero-order valence-corrected chi connectivity index (χ0v) is 28.7. The number of hydrogen-bond donors (Lipinski definition) is 1. The Balaban J connectivity index is 1.42. The van der Waals surface area contributed by atoms with E-state index in [1.165, 1.54) is 10.8 Å². The van der Waals surface area contributed by atoms with E-state index in [4.69, 9.17) is 9.47 Å². The maximum Gasteiger partial charge on any atom is 0.355 e. The van der Waals surface area contributed by atoms with Gasteiger partial charge in [0.05, 0.1) is 18.0 Å². The van der Waals surface area contributed by atoms with Gasteiger partial charge in [0, 0.05) is 58.9 Å². The number of Topliss-reactive ketones (excluding diaryl/α,β-unsaturated/α-hetero) is 1. The molecule has 2 atom stereocenters. The van der Waals surface area contributed by atoms with Crippen LogP contribution in [0.1, 0.15) is 95.7 Å². The predicted octanol–water partition coefficient (Wildman–Crippen LogP) is 6.29. The Hall–Kier alpha value is -3.18. The molecule has 45 heavy (non-hydrogen) atoms. The molecule has 9 nitrogen and oxygen atoms in total. The average Bonchev–Trinajstić information content (AvgIpc) is 3.37. The smallest absolute Gasteiger partial charge is 0.355 e. The van der Waals surface area contributed by atoms with Gasteiger partial charge in [0.2, 0.25) is 5.60 Å². The molecule has 0 bridgehead atoms. The van der Waals surface area contributed by atoms with E-state index in [-0.39, 0.29) is 53.2 Å². The lowest BCUT2D eigenvalue weighted by molar-refractivity contribution is -0.189. The number of ketones is 1. The number of ether oxygens (including phenoxy) is 2. The second kappa shape index (κ2) is 12.5. The van der Waals surface area contributed by atoms with Gasteiger partial charge in [-0.2, -0.15) is 0 Å². The van der Waals surface area contributed by atoms with E-state index < -0.39 is 17.5 Å². The molecule has 1 unspecified atom stereocenters. The number of fused-ring (bicyclic) bond motifs is 5. The van der Waals surface area contributed by atoms with Crippen molar-refractivity contribution in [2.45, 2.75) is 96.8 Å². The van der Waals surface area contributed by atoms with Crippen LogP contribution in [0.15, 0.2) is 34.6 Å². The molecule has 3 aliphatic rings. The van der Waals surface area contributed by atoms with Crippen molar-refractivity contribution in [1.82, 2.24) is 4.57 Å². The lowest BCUT2D eigenvalue weighted by Gasteiger charge is -2.38. The number of nitrogens with zero attached hydrogens (tertiary/aromatic N) is 2. The zero-order valence-electron chi connectivity index (χ0n) is 27.0. The van der Waals surface area contributed by atoms with Crippen molar-refractivity contribution in [1.29, 1.82) is 0 Å². The first-order valence-electron chi connectivity index (χ1n) is 15.5. The summed E-state index contributed by atoms with van der Waals surface area (Å²) in [5.74, 6) is -0.432. The number of hydrogen-bond acceptors (Lipinski definition) is 10. The second-order valence-electron chi connectivity index (χ2n) is 12.9. The molecule has 11 heteroatoms. The Morgan fingerprint density at radius 1 is 1.20 bits per heavy atom. The third-order valence-corrected chi connectivity index (χ3v) is 12.3. The van der Waals surface area contributed by atoms with Crippen LogP contribution in [-0.4, -0.2) is 44.9 Å². The van der Waals surface area contributed by atoms with Gasteiger partial charge >= 0.3 is 11.9 Å². The van der Waals surface area contributed by atoms with Gasteiger partial charge in [0.1, 0.15) is 18.1 Å². The van der Waals surface area contributed by atoms with Crippen molar-refractivity contribution in [3.63, 3.8) is 0 Å². The third kappa shape index (κ3) is 5.93. The van der Waals surface area contributed by atoms with E-state index in [1.807, 2.05) is 46.9 Å². The largest absolute Gasteiger partial charge is 0.508 e. The summed E-state index contributed by atoms with van der Waals surface area (Å²) in [6.07, 6.45) is 1.33. The van der Waals surface area contributed by atoms with Gasteiger partial charge in [-0.25, -0.2) is 4.79 Å². The number of allylic oxidation sites excluding steroid dienone is 1. The number of carbonyl (C=O) groups is 3. The highest BCUT2D eigenvalue weighted by Gasteiger charge is 2.51. The highest BCUT2D eigenvalue weighted by molar-refractivity contribution is 8.77. The van der Waals surface area contributed by atoms with Crippen LogP contribution in [0.5, 0.6) is 5.75 Å². The fourth-order valence-electron chi connectivity index (χ4n) is 6.62. The maximum absolute atomic E-state index is 14.0. The molecule has 3 aliphatic heterocycles. The lowest BCUT2D eigenvalue weighted by atomic mass is 9.84. The van der Waals surface area contributed by atoms with Crippen LogP contribution in [-0.2, 0) is 42.6 Å². The van der Waals surface area contributed by atoms with Crippen molar-refractivity contribution in [2.24, 2.45) is 5.92 Å². The van der Waals surface area contributed by atoms with Crippen LogP contribution >= 0.6 is 21.6 Å². The maximum atomic E-state index is 14.0. The van der Waals surface area contributed by atoms with Crippen LogP contribution in [0.4, 0.5) is 5.69 Å². The number of phenolic OH excluding ortho intramolecular Hbond substituents is 1. The number of cyclic esters (lactones) is 1. The van der Waals surface area contributed by atoms with Crippen LogP contribution < -0.4 is 10.5 Å². The minimum absolute atomic E-state index is 0.0254. The van der Waals surface area contributed by atoms with Crippen molar-refractivity contribution in [2.75, 3.05) is 17.7 Å². The van der Waals surface area contributed by atoms with Gasteiger partial charge in [0.15, 0.2) is 0 Å². The molecule has 0 radical (unpaired) electrons. The van der Waals surface area contributed by atoms with Gasteiger partial charge < -0.3 is 24.0 Å². The molecule has 0 fully saturated rings. The molecular weight excluding hydrogens is 613 g/mol. The zero-order chi connectivity index (χ0) is 32.8. The highest BCUT2D eigenvalue weighted by Crippen LogP contribution is 2.50. The first-order chi connectivity index (χ1) is 21.2. The number of anilines is 1. The molecule has 0 aliphatic carbocycles. The number of pyridine rings is 1. The van der Waals surface area contributed by atoms with E-state index in [0.717, 1.165) is 34.5 Å². The number of rotatable bonds is 11. The summed E-state index contributed by atoms with van der Waals surface area (Å²) < 4.78 is 12.9. The Labute approximate surface area is 272 Å². The van der Waals surface area contributed by atoms with Crippen molar-refractivity contribution in [3.05, 3.63) is 62.6 Å². The fourth-order valence-corrected chi connectivity index (χ4v) is 9.11. The van der Waals surface area contributed by atoms with E-state index >= 15 is 0 Å². The minimum Gasteiger partial charge on any atom is -0.508 e. The number of esters is 2. The number of aromatic hydroxyl groups is 1. The van der Waals surface area contributed by atoms with Crippen LogP contribution in [0.3, 0.4) is 0 Å². The normalized spacial score (nSPS) is 20.4. The lowest BCUT2D eigenvalue weighted by Crippen LogP contribution is -2.47. The predicted molar refractivity (Wildman–Crippen MR) is 178 cm³/mol. The molecule has 2 aromatic rings. The molecule has 0 spiro atoms. The number of aromatic nitrogens is 1. The molecule has 242 valence electrons. The SMILES string of the molecule is CCC1=C2Cn3c(cc4c(c3=O)COC(=O)[C@@]4(CC)OC(=O)CCSSC(C)(C)CC(=O)C(C)C)C2N(C)c2ccc(O)cc21. The van der Waals surface area contributed by atoms with Gasteiger partial charge in [-0.05, 0) is 62.1 Å². The summed E-state index contributed by atoms with van der Waals surface area (Å²) >= 11 is 0. The summed E-state index contributed by atoms with van der Waals surface area (Å²) in [5, 5.41) is 10.2. The first kappa shape index (κ1) is 33.2. The molecule has 5 rings (SSSR count). The summed E-state index contributed by atoms with van der Waals surface area (Å²) in [6, 6.07) is 6.91. The summed E-state index contributed by atoms with van der Waals surface area (Å²) in [5.41, 5.74) is 3.50. The van der Waals surface area contributed by atoms with Crippen LogP contribution in [0.2, 0.25) is 0 Å². The van der Waals surface area contributed by atoms with E-state index in [0.29, 0.717) is 29.8 Å². The highest BCUT2D eigenvalue weighted by atomic mass is 33.1. The summed E-state index contributed by atoms with van der Waals surface area (Å²) in [6.45, 7) is 11.8. The number of carbonyl (C=O) groups excluding carboxylic acids is 3. The van der Waals surface area contributed by atoms with Gasteiger partial charge in [-0.1, -0.05) is 49.3 Å². The molecule has 0 amide bonds. The molecule has 1 aromatic heterocycles. The van der Waals surface area contributed by atoms with E-state index in [2.05, 4.69) is 11.8 Å². The monoisotopic (exact) mass is 654 g/mol. The first-order valence-corrected chi connectivity index (χ1v) is 17.8. The van der Waals surface area contributed by atoms with E-state index in [1.54, 1.807) is 34.4 Å². The Morgan fingerprint density at radius 3 is 2.60 bits per heavy atom. The van der Waals surface area contributed by atoms with Crippen molar-refractivity contribution < 1.29 is 29.0 Å². The van der Waals surface area contributed by atoms with Crippen LogP contribution in [0.25, 0.3) is 5.57 Å². The molecular formula is C34H42N2O7S2. The average molecular weight is 655 g/mol. The van der Waals surface area contributed by atoms with Crippen LogP contribution in [0, 0.1) is 5.92 Å². The van der Waals surface area contributed by atoms with Gasteiger partial charge in [-0.3, -0.25) is 14.4 Å². The number of phenols is 1. The Morgan fingerprint density at radius 2 is 1.93 bits per heavy atom. The van der Waals surface area contributed by atoms with Gasteiger partial charge in [-0.15, -0.1) is 0 Å². The molecule has 0 saturated carbocycles. The molecule has 0 saturated heterocycles. The number of likely N-dealkylation sites (N-methyl/N-ethyl adjacent to an activating group) is 1. The van der Waals surface area contributed by atoms with E-state index in [9.17, 15) is 24.3 Å². The quantitative estimate of drug-likeness (QED) is 0.168. The Kier molecular flexibility index (Phi) is 9.26. The third-order valence-electron chi connectivity index (χ3n) is 9.00. The van der Waals surface area contributed by atoms with Crippen molar-refractivity contribution >= 4 is 50.6 Å². The molecule has 1 aromatic carbocycles.